The number of nitrogens with two attached hydrogens (primary N) is 1. The number of nitrogens with one attached hydrogen (secondary N) is 1. The van der Waals surface area contributed by atoms with E-state index in [1.165, 1.54) is 11.3 Å². The molecule has 0 unspecified atom stereocenters. The van der Waals surface area contributed by atoms with Crippen molar-refractivity contribution < 1.29 is 23.5 Å². The van der Waals surface area contributed by atoms with Gasteiger partial charge < -0.3 is 29.8 Å². The Hall–Kier alpha value is -4.36. The van der Waals surface area contributed by atoms with Crippen molar-refractivity contribution in [1.82, 2.24) is 35.1 Å². The Morgan fingerprint density at radius 1 is 1.33 bits per heavy atom. The van der Waals surface area contributed by atoms with Gasteiger partial charge in [-0.15, -0.1) is 11.3 Å². The number of ether oxygens (including phenoxy) is 3. The van der Waals surface area contributed by atoms with Crippen molar-refractivity contribution in [3.05, 3.63) is 51.4 Å². The van der Waals surface area contributed by atoms with Crippen LogP contribution in [0.1, 0.15) is 90.7 Å². The first kappa shape index (κ1) is 35.1. The Labute approximate surface area is 301 Å². The molecule has 2 fully saturated rings. The number of aryl methyl sites for hydroxylation is 1. The minimum Gasteiger partial charge on any atom is -0.473 e. The van der Waals surface area contributed by atoms with Crippen molar-refractivity contribution in [3.63, 3.8) is 0 Å². The molecule has 5 atom stereocenters. The third-order valence-electron chi connectivity index (χ3n) is 10.5. The lowest BCUT2D eigenvalue weighted by molar-refractivity contribution is 0.0174. The average Bonchev–Trinajstić information content (AvgIpc) is 3.95. The Balaban J connectivity index is 1.30. The standard InChI is InChI=1S/C36H45N9O5S/c1-6-8-22-30(43-50-32(22)36(3)13-7-9-26-29(36)23(18-37)33(38)51-26)34-40-27(45-15-10-24(42-45)35(46)39-21-12-16-48-19-21)17-28(41-34)49-20(2)31-25(47-5)11-14-44(31)4/h10,15,17,20-21,25,31H,6-9,11-14,16,19,38H2,1-5H3,(H,39,46)/t20-,21-,25-,31+,36-/m0/s1. The van der Waals surface area contributed by atoms with Gasteiger partial charge in [0.15, 0.2) is 28.8 Å². The Morgan fingerprint density at radius 2 is 2.18 bits per heavy atom. The van der Waals surface area contributed by atoms with E-state index in [1.54, 1.807) is 30.1 Å². The van der Waals surface area contributed by atoms with Crippen molar-refractivity contribution >= 4 is 22.2 Å². The van der Waals surface area contributed by atoms with E-state index in [2.05, 4.69) is 47.4 Å². The summed E-state index contributed by atoms with van der Waals surface area (Å²) in [7, 11) is 3.80. The highest BCUT2D eigenvalue weighted by Crippen LogP contribution is 2.50. The molecule has 0 saturated carbocycles. The van der Waals surface area contributed by atoms with Crippen LogP contribution in [0, 0.1) is 11.3 Å². The number of hydrogen-bond acceptors (Lipinski definition) is 13. The number of nitriles is 1. The van der Waals surface area contributed by atoms with Crippen molar-refractivity contribution in [2.24, 2.45) is 0 Å². The lowest BCUT2D eigenvalue weighted by atomic mass is 9.69. The zero-order valence-electron chi connectivity index (χ0n) is 29.8. The molecule has 15 heteroatoms. The first-order valence-electron chi connectivity index (χ1n) is 17.7. The molecule has 3 aliphatic rings. The summed E-state index contributed by atoms with van der Waals surface area (Å²) in [5.74, 6) is 1.47. The monoisotopic (exact) mass is 715 g/mol. The number of anilines is 1. The van der Waals surface area contributed by atoms with E-state index < -0.39 is 5.41 Å². The fourth-order valence-electron chi connectivity index (χ4n) is 8.01. The summed E-state index contributed by atoms with van der Waals surface area (Å²) in [5, 5.41) is 22.9. The molecule has 1 aliphatic carbocycles. The van der Waals surface area contributed by atoms with Crippen LogP contribution in [0.2, 0.25) is 0 Å². The summed E-state index contributed by atoms with van der Waals surface area (Å²) >= 11 is 1.49. The number of carbonyl (C=O) groups excluding carboxylic acids is 1. The summed E-state index contributed by atoms with van der Waals surface area (Å²) < 4.78 is 25.6. The molecule has 0 spiro atoms. The van der Waals surface area contributed by atoms with Crippen LogP contribution in [-0.4, -0.2) is 93.9 Å². The lowest BCUT2D eigenvalue weighted by Gasteiger charge is -2.33. The van der Waals surface area contributed by atoms with Crippen LogP contribution in [0.4, 0.5) is 5.00 Å². The molecule has 0 aromatic carbocycles. The molecule has 51 heavy (non-hydrogen) atoms. The van der Waals surface area contributed by atoms with Crippen molar-refractivity contribution in [2.75, 3.05) is 39.6 Å². The number of amides is 1. The molecule has 6 heterocycles. The van der Waals surface area contributed by atoms with E-state index in [1.807, 2.05) is 6.92 Å². The number of nitrogen functional groups attached to an aromatic ring is 1. The molecule has 270 valence electrons. The normalized spacial score (nSPS) is 24.0. The van der Waals surface area contributed by atoms with E-state index in [4.69, 9.17) is 34.4 Å². The predicted molar refractivity (Wildman–Crippen MR) is 190 cm³/mol. The van der Waals surface area contributed by atoms with Gasteiger partial charge in [0.2, 0.25) is 5.88 Å². The van der Waals surface area contributed by atoms with Gasteiger partial charge >= 0.3 is 0 Å². The fourth-order valence-corrected chi connectivity index (χ4v) is 9.20. The van der Waals surface area contributed by atoms with Crippen LogP contribution >= 0.6 is 11.3 Å². The number of carbonyl (C=O) groups is 1. The number of likely N-dealkylation sites (tertiary alicyclic amines) is 1. The number of fused-ring (bicyclic) bond motifs is 1. The van der Waals surface area contributed by atoms with Gasteiger partial charge in [-0.05, 0) is 71.0 Å². The highest BCUT2D eigenvalue weighted by atomic mass is 32.1. The largest absolute Gasteiger partial charge is 0.473 e. The molecule has 4 aromatic rings. The molecule has 3 N–H and O–H groups in total. The van der Waals surface area contributed by atoms with Gasteiger partial charge in [0.25, 0.3) is 5.91 Å². The van der Waals surface area contributed by atoms with Crippen LogP contribution < -0.4 is 15.8 Å². The van der Waals surface area contributed by atoms with Crippen LogP contribution in [-0.2, 0) is 27.7 Å². The average molecular weight is 716 g/mol. The second kappa shape index (κ2) is 14.3. The molecule has 14 nitrogen and oxygen atoms in total. The second-order valence-electron chi connectivity index (χ2n) is 14.0. The van der Waals surface area contributed by atoms with Gasteiger partial charge in [0, 0.05) is 43.0 Å². The number of nitrogens with zero attached hydrogens (tertiary/aromatic N) is 7. The smallest absolute Gasteiger partial charge is 0.272 e. The first-order valence-corrected chi connectivity index (χ1v) is 18.5. The Bertz CT molecular complexity index is 1940. The van der Waals surface area contributed by atoms with Crippen LogP contribution in [0.15, 0.2) is 22.9 Å². The summed E-state index contributed by atoms with van der Waals surface area (Å²) in [6.45, 7) is 8.24. The minimum atomic E-state index is -0.606. The molecule has 0 radical (unpaired) electrons. The molecule has 2 aliphatic heterocycles. The third-order valence-corrected chi connectivity index (χ3v) is 11.6. The lowest BCUT2D eigenvalue weighted by Crippen LogP contribution is -2.44. The van der Waals surface area contributed by atoms with Crippen molar-refractivity contribution in [2.45, 2.75) is 95.4 Å². The summed E-state index contributed by atoms with van der Waals surface area (Å²) in [4.78, 5) is 26.3. The molecular formula is C36H45N9O5S. The van der Waals surface area contributed by atoms with E-state index in [-0.39, 0.29) is 35.9 Å². The molecule has 4 aromatic heterocycles. The van der Waals surface area contributed by atoms with E-state index >= 15 is 0 Å². The summed E-state index contributed by atoms with van der Waals surface area (Å²) in [6, 6.07) is 5.70. The predicted octanol–water partition coefficient (Wildman–Crippen LogP) is 4.43. The number of aromatic nitrogens is 5. The van der Waals surface area contributed by atoms with E-state index in [0.717, 1.165) is 61.1 Å². The minimum absolute atomic E-state index is 0.0126. The van der Waals surface area contributed by atoms with Gasteiger partial charge in [-0.3, -0.25) is 9.69 Å². The SMILES string of the molecule is CCCc1c(-c2nc(O[C@@H](C)[C@@H]3[C@@H](OC)CCN3C)cc(-n3ccc(C(=O)N[C@H]4CCOC4)n3)n2)noc1[C@@]1(C)CCCc2sc(N)c(C#N)c21. The van der Waals surface area contributed by atoms with Gasteiger partial charge in [0.1, 0.15) is 17.2 Å². The maximum absolute atomic E-state index is 13.1. The van der Waals surface area contributed by atoms with E-state index in [9.17, 15) is 10.1 Å². The summed E-state index contributed by atoms with van der Waals surface area (Å²) in [6.07, 6.45) is 7.15. The van der Waals surface area contributed by atoms with Gasteiger partial charge in [-0.2, -0.15) is 15.3 Å². The zero-order chi connectivity index (χ0) is 35.9. The number of thiophene rings is 1. The molecule has 2 saturated heterocycles. The molecule has 7 rings (SSSR count). The molecule has 0 bridgehead atoms. The zero-order valence-corrected chi connectivity index (χ0v) is 30.6. The molecular weight excluding hydrogens is 671 g/mol. The summed E-state index contributed by atoms with van der Waals surface area (Å²) in [5.41, 5.74) is 8.84. The highest BCUT2D eigenvalue weighted by molar-refractivity contribution is 7.16. The number of rotatable bonds is 11. The van der Waals surface area contributed by atoms with Crippen molar-refractivity contribution in [3.8, 4) is 29.3 Å². The van der Waals surface area contributed by atoms with Crippen LogP contribution in [0.3, 0.4) is 0 Å². The maximum atomic E-state index is 13.1. The first-order chi connectivity index (χ1) is 24.6. The maximum Gasteiger partial charge on any atom is 0.272 e. The fraction of sp³-hybridized carbons (Fsp3) is 0.556. The Morgan fingerprint density at radius 3 is 2.92 bits per heavy atom. The Kier molecular flexibility index (Phi) is 9.86. The van der Waals surface area contributed by atoms with Gasteiger partial charge in [0.05, 0.1) is 35.8 Å². The van der Waals surface area contributed by atoms with E-state index in [0.29, 0.717) is 59.2 Å². The number of hydrogen-bond donors (Lipinski definition) is 2. The number of likely N-dealkylation sites (N-methyl/N-ethyl adjacent to an activating group) is 1. The third kappa shape index (κ3) is 6.50. The van der Waals surface area contributed by atoms with Gasteiger partial charge in [-0.1, -0.05) is 18.5 Å². The quantitative estimate of drug-likeness (QED) is 0.223. The van der Waals surface area contributed by atoms with Crippen LogP contribution in [0.5, 0.6) is 5.88 Å². The van der Waals surface area contributed by atoms with Crippen molar-refractivity contribution in [1.29, 1.82) is 5.26 Å². The topological polar surface area (TPSA) is 179 Å². The van der Waals surface area contributed by atoms with Crippen LogP contribution in [0.25, 0.3) is 17.3 Å². The number of methoxy groups -OCH3 is 1. The second-order valence-corrected chi connectivity index (χ2v) is 15.1. The molecule has 1 amide bonds. The highest BCUT2D eigenvalue weighted by Gasteiger charge is 2.44. The van der Waals surface area contributed by atoms with Gasteiger partial charge in [-0.25, -0.2) is 9.67 Å².